The van der Waals surface area contributed by atoms with E-state index in [0.717, 1.165) is 55.6 Å². The molecule has 3 heterocycles. The number of nitrogens with zero attached hydrogens (tertiary/aromatic N) is 4. The van der Waals surface area contributed by atoms with Gasteiger partial charge in [-0.15, -0.1) is 0 Å². The van der Waals surface area contributed by atoms with Crippen LogP contribution in [-0.4, -0.2) is 66.6 Å². The van der Waals surface area contributed by atoms with E-state index in [1.54, 1.807) is 0 Å². The van der Waals surface area contributed by atoms with Crippen LogP contribution in [0.5, 0.6) is 0 Å². The summed E-state index contributed by atoms with van der Waals surface area (Å²) in [5.41, 5.74) is 0.148. The van der Waals surface area contributed by atoms with Gasteiger partial charge in [-0.1, -0.05) is 13.8 Å². The number of anilines is 2. The molecule has 0 bridgehead atoms. The molecule has 2 aliphatic rings. The molecule has 4 rings (SSSR count). The van der Waals surface area contributed by atoms with E-state index in [1.165, 1.54) is 23.7 Å². The van der Waals surface area contributed by atoms with Crippen molar-refractivity contribution in [3.63, 3.8) is 0 Å². The van der Waals surface area contributed by atoms with Gasteiger partial charge in [0.1, 0.15) is 17.7 Å². The molecule has 33 heavy (non-hydrogen) atoms. The van der Waals surface area contributed by atoms with E-state index in [0.29, 0.717) is 18.9 Å². The van der Waals surface area contributed by atoms with Gasteiger partial charge in [-0.3, -0.25) is 4.79 Å². The summed E-state index contributed by atoms with van der Waals surface area (Å²) in [6.07, 6.45) is 4.20. The Labute approximate surface area is 198 Å². The van der Waals surface area contributed by atoms with E-state index in [1.807, 2.05) is 4.90 Å². The Bertz CT molecular complexity index is 1110. The summed E-state index contributed by atoms with van der Waals surface area (Å²) >= 11 is 1.43. The highest BCUT2D eigenvalue weighted by atomic mass is 32.2. The minimum absolute atomic E-state index is 0.0238. The molecule has 1 aromatic carbocycles. The SMILES string of the molecule is CC(C)c1nsc(N2CCC(N3CCC[C@H](Nc4ccc(S(C)(=O)=O)cc4F)C3=O)CC2)n1. The maximum atomic E-state index is 14.5. The number of rotatable bonds is 6. The van der Waals surface area contributed by atoms with Crippen molar-refractivity contribution in [2.75, 3.05) is 36.1 Å². The van der Waals surface area contributed by atoms with Gasteiger partial charge in [-0.05, 0) is 43.9 Å². The summed E-state index contributed by atoms with van der Waals surface area (Å²) in [5.74, 6) is 0.475. The Balaban J connectivity index is 1.38. The zero-order chi connectivity index (χ0) is 23.8. The third kappa shape index (κ3) is 5.29. The van der Waals surface area contributed by atoms with Crippen LogP contribution in [0, 0.1) is 5.82 Å². The number of halogens is 1. The monoisotopic (exact) mass is 495 g/mol. The van der Waals surface area contributed by atoms with Crippen molar-refractivity contribution in [3.05, 3.63) is 29.8 Å². The van der Waals surface area contributed by atoms with E-state index < -0.39 is 21.7 Å². The van der Waals surface area contributed by atoms with Crippen LogP contribution in [0.2, 0.25) is 0 Å². The first kappa shape index (κ1) is 23.9. The molecule has 2 aromatic rings. The molecule has 180 valence electrons. The number of amides is 1. The lowest BCUT2D eigenvalue weighted by atomic mass is 9.97. The fourth-order valence-electron chi connectivity index (χ4n) is 4.39. The Morgan fingerprint density at radius 2 is 1.91 bits per heavy atom. The summed E-state index contributed by atoms with van der Waals surface area (Å²) in [4.78, 5) is 21.9. The van der Waals surface area contributed by atoms with Crippen molar-refractivity contribution in [3.8, 4) is 0 Å². The highest BCUT2D eigenvalue weighted by molar-refractivity contribution is 7.90. The van der Waals surface area contributed by atoms with E-state index in [-0.39, 0.29) is 22.5 Å². The third-order valence-corrected chi connectivity index (χ3v) is 8.20. The van der Waals surface area contributed by atoms with E-state index in [2.05, 4.69) is 33.4 Å². The highest BCUT2D eigenvalue weighted by Gasteiger charge is 2.35. The second-order valence-corrected chi connectivity index (χ2v) is 11.8. The van der Waals surface area contributed by atoms with Crippen LogP contribution in [0.3, 0.4) is 0 Å². The molecule has 0 spiro atoms. The fraction of sp³-hybridized carbons (Fsp3) is 0.591. The lowest BCUT2D eigenvalue weighted by molar-refractivity contribution is -0.137. The Kier molecular flexibility index (Phi) is 6.90. The molecule has 11 heteroatoms. The zero-order valence-electron chi connectivity index (χ0n) is 19.1. The number of aromatic nitrogens is 2. The van der Waals surface area contributed by atoms with Gasteiger partial charge >= 0.3 is 0 Å². The molecule has 2 saturated heterocycles. The lowest BCUT2D eigenvalue weighted by Gasteiger charge is -2.42. The number of likely N-dealkylation sites (tertiary alicyclic amines) is 1. The third-order valence-electron chi connectivity index (χ3n) is 6.29. The van der Waals surface area contributed by atoms with Crippen LogP contribution in [0.4, 0.5) is 15.2 Å². The summed E-state index contributed by atoms with van der Waals surface area (Å²) in [6.45, 7) is 6.50. The number of hydrogen-bond donors (Lipinski definition) is 1. The van der Waals surface area contributed by atoms with Crippen molar-refractivity contribution in [1.29, 1.82) is 0 Å². The van der Waals surface area contributed by atoms with Crippen molar-refractivity contribution in [1.82, 2.24) is 14.3 Å². The van der Waals surface area contributed by atoms with Crippen LogP contribution in [0.25, 0.3) is 0 Å². The predicted octanol–water partition coefficient (Wildman–Crippen LogP) is 3.28. The fourth-order valence-corrected chi connectivity index (χ4v) is 5.88. The van der Waals surface area contributed by atoms with Crippen molar-refractivity contribution >= 4 is 38.1 Å². The topological polar surface area (TPSA) is 95.5 Å². The molecule has 8 nitrogen and oxygen atoms in total. The van der Waals surface area contributed by atoms with Crippen LogP contribution in [0.1, 0.15) is 51.3 Å². The molecule has 1 N–H and O–H groups in total. The van der Waals surface area contributed by atoms with Crippen LogP contribution >= 0.6 is 11.5 Å². The van der Waals surface area contributed by atoms with Gasteiger partial charge in [0, 0.05) is 49.4 Å². The standard InChI is InChI=1S/C22H30FN5O3S2/c1-14(2)20-25-22(32-26-20)27-11-8-15(9-12-27)28-10-4-5-19(21(28)29)24-18-7-6-16(13-17(18)23)33(3,30)31/h6-7,13-15,19,24H,4-5,8-12H2,1-3H3/t19-/m0/s1. The molecule has 0 aliphatic carbocycles. The minimum atomic E-state index is -3.49. The maximum Gasteiger partial charge on any atom is 0.245 e. The van der Waals surface area contributed by atoms with E-state index >= 15 is 0 Å². The molecule has 0 saturated carbocycles. The summed E-state index contributed by atoms with van der Waals surface area (Å²) in [7, 11) is -3.49. The first-order chi connectivity index (χ1) is 15.6. The number of benzene rings is 1. The number of sulfone groups is 1. The second kappa shape index (κ2) is 9.54. The van der Waals surface area contributed by atoms with E-state index in [4.69, 9.17) is 0 Å². The molecule has 1 aromatic heterocycles. The van der Waals surface area contributed by atoms with Crippen LogP contribution < -0.4 is 10.2 Å². The maximum absolute atomic E-state index is 14.5. The largest absolute Gasteiger partial charge is 0.371 e. The van der Waals surface area contributed by atoms with Gasteiger partial charge < -0.3 is 15.1 Å². The molecule has 0 radical (unpaired) electrons. The van der Waals surface area contributed by atoms with Crippen LogP contribution in [-0.2, 0) is 14.6 Å². The first-order valence-corrected chi connectivity index (χ1v) is 13.9. The molecule has 2 fully saturated rings. The number of nitrogens with one attached hydrogen (secondary N) is 1. The van der Waals surface area contributed by atoms with E-state index in [9.17, 15) is 17.6 Å². The van der Waals surface area contributed by atoms with Crippen LogP contribution in [0.15, 0.2) is 23.1 Å². The first-order valence-electron chi connectivity index (χ1n) is 11.3. The molecular weight excluding hydrogens is 465 g/mol. The number of carbonyl (C=O) groups excluding carboxylic acids is 1. The molecule has 1 amide bonds. The summed E-state index contributed by atoms with van der Waals surface area (Å²) < 4.78 is 42.2. The molecule has 2 aliphatic heterocycles. The zero-order valence-corrected chi connectivity index (χ0v) is 20.8. The Morgan fingerprint density at radius 3 is 2.52 bits per heavy atom. The normalized spacial score (nSPS) is 20.5. The molecular formula is C22H30FN5O3S2. The quantitative estimate of drug-likeness (QED) is 0.657. The van der Waals surface area contributed by atoms with Gasteiger partial charge in [0.15, 0.2) is 9.84 Å². The lowest BCUT2D eigenvalue weighted by Crippen LogP contribution is -2.54. The summed E-state index contributed by atoms with van der Waals surface area (Å²) in [6, 6.07) is 3.38. The Hall–Kier alpha value is -2.27. The smallest absolute Gasteiger partial charge is 0.245 e. The van der Waals surface area contributed by atoms with Gasteiger partial charge in [-0.2, -0.15) is 4.37 Å². The molecule has 0 unspecified atom stereocenters. The van der Waals surface area contributed by atoms with Gasteiger partial charge in [0.05, 0.1) is 10.6 Å². The average molecular weight is 496 g/mol. The average Bonchev–Trinajstić information content (AvgIpc) is 3.27. The summed E-state index contributed by atoms with van der Waals surface area (Å²) in [5, 5.41) is 3.95. The predicted molar refractivity (Wildman–Crippen MR) is 127 cm³/mol. The van der Waals surface area contributed by atoms with Gasteiger partial charge in [-0.25, -0.2) is 17.8 Å². The van der Waals surface area contributed by atoms with Gasteiger partial charge in [0.2, 0.25) is 11.0 Å². The van der Waals surface area contributed by atoms with Gasteiger partial charge in [0.25, 0.3) is 0 Å². The minimum Gasteiger partial charge on any atom is -0.371 e. The highest BCUT2D eigenvalue weighted by Crippen LogP contribution is 2.29. The number of carbonyl (C=O) groups is 1. The second-order valence-electron chi connectivity index (χ2n) is 9.09. The number of hydrogen-bond acceptors (Lipinski definition) is 8. The van der Waals surface area contributed by atoms with Crippen molar-refractivity contribution < 1.29 is 17.6 Å². The Morgan fingerprint density at radius 1 is 1.18 bits per heavy atom. The number of piperidine rings is 2. The van der Waals surface area contributed by atoms with Crippen molar-refractivity contribution in [2.45, 2.75) is 62.4 Å². The van der Waals surface area contributed by atoms with Crippen molar-refractivity contribution in [2.24, 2.45) is 0 Å². The molecule has 1 atom stereocenters.